The number of para-hydroxylation sites is 1. The van der Waals surface area contributed by atoms with E-state index >= 15 is 0 Å². The number of anilines is 1. The Kier molecular flexibility index (Phi) is 5.41. The summed E-state index contributed by atoms with van der Waals surface area (Å²) in [6.45, 7) is 1.74. The van der Waals surface area contributed by atoms with Gasteiger partial charge in [-0.05, 0) is 59.0 Å². The van der Waals surface area contributed by atoms with Gasteiger partial charge in [-0.15, -0.1) is 0 Å². The molecule has 1 amide bonds. The first-order valence-electron chi connectivity index (χ1n) is 6.51. The lowest BCUT2D eigenvalue weighted by atomic mass is 10.3. The van der Waals surface area contributed by atoms with Gasteiger partial charge in [0.2, 0.25) is 5.91 Å². The molecule has 0 aliphatic carbocycles. The smallest absolute Gasteiger partial charge is 0.339 e. The molecule has 2 aromatic carbocycles. The molecule has 1 N–H and O–H groups in total. The Morgan fingerprint density at radius 2 is 1.77 bits per heavy atom. The summed E-state index contributed by atoms with van der Waals surface area (Å²) in [6.07, 6.45) is 0.357. The van der Waals surface area contributed by atoms with Crippen molar-refractivity contribution < 1.29 is 17.4 Å². The highest BCUT2D eigenvalue weighted by Gasteiger charge is 2.17. The standard InChI is InChI=1S/C15H14INO4S/c1-2-15(18)17-11-7-9-12(10-8-11)22(19,20)21-14-6-4-3-5-13(14)16/h3-10H,2H2,1H3,(H,17,18). The summed E-state index contributed by atoms with van der Waals surface area (Å²) in [5.74, 6) is 0.150. The van der Waals surface area contributed by atoms with E-state index in [0.717, 1.165) is 0 Å². The van der Waals surface area contributed by atoms with Gasteiger partial charge in [-0.3, -0.25) is 4.79 Å². The van der Waals surface area contributed by atoms with Crippen LogP contribution in [0.5, 0.6) is 5.75 Å². The first-order valence-corrected chi connectivity index (χ1v) is 9.00. The van der Waals surface area contributed by atoms with Crippen LogP contribution in [-0.4, -0.2) is 14.3 Å². The molecule has 0 bridgehead atoms. The van der Waals surface area contributed by atoms with E-state index in [1.807, 2.05) is 22.6 Å². The van der Waals surface area contributed by atoms with E-state index in [1.165, 1.54) is 24.3 Å². The quantitative estimate of drug-likeness (QED) is 0.582. The average molecular weight is 431 g/mol. The highest BCUT2D eigenvalue weighted by atomic mass is 127. The number of amides is 1. The van der Waals surface area contributed by atoms with Crippen molar-refractivity contribution in [2.45, 2.75) is 18.2 Å². The molecule has 22 heavy (non-hydrogen) atoms. The van der Waals surface area contributed by atoms with E-state index < -0.39 is 10.1 Å². The minimum absolute atomic E-state index is 0.0293. The van der Waals surface area contributed by atoms with Crippen molar-refractivity contribution in [1.29, 1.82) is 0 Å². The van der Waals surface area contributed by atoms with Gasteiger partial charge in [0.15, 0.2) is 5.75 Å². The van der Waals surface area contributed by atoms with Crippen LogP contribution in [-0.2, 0) is 14.9 Å². The van der Waals surface area contributed by atoms with Crippen LogP contribution in [0.1, 0.15) is 13.3 Å². The number of benzene rings is 2. The van der Waals surface area contributed by atoms with E-state index in [9.17, 15) is 13.2 Å². The minimum atomic E-state index is -3.90. The Morgan fingerprint density at radius 1 is 1.14 bits per heavy atom. The third-order valence-electron chi connectivity index (χ3n) is 2.78. The lowest BCUT2D eigenvalue weighted by Gasteiger charge is -2.09. The van der Waals surface area contributed by atoms with E-state index in [1.54, 1.807) is 31.2 Å². The van der Waals surface area contributed by atoms with Crippen molar-refractivity contribution in [1.82, 2.24) is 0 Å². The molecular weight excluding hydrogens is 417 g/mol. The summed E-state index contributed by atoms with van der Waals surface area (Å²) < 4.78 is 30.3. The monoisotopic (exact) mass is 431 g/mol. The normalized spacial score (nSPS) is 11.0. The molecule has 0 radical (unpaired) electrons. The second-order valence-electron chi connectivity index (χ2n) is 4.39. The summed E-state index contributed by atoms with van der Waals surface area (Å²) in [4.78, 5) is 11.3. The van der Waals surface area contributed by atoms with Crippen LogP contribution < -0.4 is 9.50 Å². The number of carbonyl (C=O) groups excluding carboxylic acids is 1. The topological polar surface area (TPSA) is 72.5 Å². The van der Waals surface area contributed by atoms with Gasteiger partial charge >= 0.3 is 10.1 Å². The highest BCUT2D eigenvalue weighted by molar-refractivity contribution is 14.1. The number of nitrogens with one attached hydrogen (secondary N) is 1. The lowest BCUT2D eigenvalue weighted by Crippen LogP contribution is -2.12. The maximum Gasteiger partial charge on any atom is 0.339 e. The van der Waals surface area contributed by atoms with Crippen molar-refractivity contribution in [3.63, 3.8) is 0 Å². The van der Waals surface area contributed by atoms with Crippen LogP contribution in [0.2, 0.25) is 0 Å². The van der Waals surface area contributed by atoms with Crippen LogP contribution in [0.25, 0.3) is 0 Å². The number of hydrogen-bond donors (Lipinski definition) is 1. The summed E-state index contributed by atoms with van der Waals surface area (Å²) >= 11 is 2.01. The number of hydrogen-bond acceptors (Lipinski definition) is 4. The fourth-order valence-corrected chi connectivity index (χ4v) is 3.23. The molecule has 0 heterocycles. The van der Waals surface area contributed by atoms with Crippen molar-refractivity contribution in [3.8, 4) is 5.75 Å². The number of halogens is 1. The first kappa shape index (κ1) is 16.8. The van der Waals surface area contributed by atoms with Gasteiger partial charge in [0.05, 0.1) is 3.57 Å². The molecular formula is C15H14INO4S. The molecule has 0 fully saturated rings. The van der Waals surface area contributed by atoms with Crippen molar-refractivity contribution in [3.05, 3.63) is 52.1 Å². The van der Waals surface area contributed by atoms with Crippen LogP contribution >= 0.6 is 22.6 Å². The molecule has 0 saturated heterocycles. The molecule has 0 aliphatic heterocycles. The highest BCUT2D eigenvalue weighted by Crippen LogP contribution is 2.24. The van der Waals surface area contributed by atoms with Gasteiger partial charge in [0.25, 0.3) is 0 Å². The number of rotatable bonds is 5. The Hall–Kier alpha value is -1.61. The average Bonchev–Trinajstić information content (AvgIpc) is 2.50. The molecule has 2 aromatic rings. The maximum absolute atomic E-state index is 12.2. The third kappa shape index (κ3) is 4.20. The van der Waals surface area contributed by atoms with E-state index in [2.05, 4.69) is 5.32 Å². The lowest BCUT2D eigenvalue weighted by molar-refractivity contribution is -0.115. The zero-order valence-corrected chi connectivity index (χ0v) is 14.7. The van der Waals surface area contributed by atoms with Crippen LogP contribution in [0, 0.1) is 3.57 Å². The molecule has 0 unspecified atom stereocenters. The molecule has 0 spiro atoms. The SMILES string of the molecule is CCC(=O)Nc1ccc(S(=O)(=O)Oc2ccccc2I)cc1. The maximum atomic E-state index is 12.2. The van der Waals surface area contributed by atoms with E-state index in [0.29, 0.717) is 15.7 Å². The third-order valence-corrected chi connectivity index (χ3v) is 4.92. The van der Waals surface area contributed by atoms with Crippen LogP contribution in [0.4, 0.5) is 5.69 Å². The summed E-state index contributed by atoms with van der Waals surface area (Å²) in [5, 5.41) is 2.65. The Bertz CT molecular complexity index is 772. The predicted octanol–water partition coefficient (Wildman–Crippen LogP) is 3.41. The molecule has 116 valence electrons. The van der Waals surface area contributed by atoms with Crippen molar-refractivity contribution in [2.75, 3.05) is 5.32 Å². The van der Waals surface area contributed by atoms with E-state index in [4.69, 9.17) is 4.18 Å². The number of carbonyl (C=O) groups is 1. The largest absolute Gasteiger partial charge is 0.378 e. The predicted molar refractivity (Wildman–Crippen MR) is 92.3 cm³/mol. The van der Waals surface area contributed by atoms with Crippen LogP contribution in [0.15, 0.2) is 53.4 Å². The fourth-order valence-electron chi connectivity index (χ4n) is 1.63. The van der Waals surface area contributed by atoms with Gasteiger partial charge in [-0.25, -0.2) is 0 Å². The molecule has 7 heteroatoms. The second-order valence-corrected chi connectivity index (χ2v) is 7.10. The van der Waals surface area contributed by atoms with Gasteiger partial charge in [-0.2, -0.15) is 8.42 Å². The summed E-state index contributed by atoms with van der Waals surface area (Å²) in [6, 6.07) is 12.7. The minimum Gasteiger partial charge on any atom is -0.378 e. The van der Waals surface area contributed by atoms with E-state index in [-0.39, 0.29) is 16.6 Å². The van der Waals surface area contributed by atoms with Crippen LogP contribution in [0.3, 0.4) is 0 Å². The Morgan fingerprint density at radius 3 is 2.36 bits per heavy atom. The van der Waals surface area contributed by atoms with Gasteiger partial charge in [-0.1, -0.05) is 19.1 Å². The van der Waals surface area contributed by atoms with Crippen molar-refractivity contribution in [2.24, 2.45) is 0 Å². The molecule has 0 aromatic heterocycles. The molecule has 0 aliphatic rings. The molecule has 0 atom stereocenters. The summed E-state index contributed by atoms with van der Waals surface area (Å²) in [5.41, 5.74) is 0.542. The van der Waals surface area contributed by atoms with Gasteiger partial charge in [0, 0.05) is 12.1 Å². The molecule has 5 nitrogen and oxygen atoms in total. The Balaban J connectivity index is 2.19. The molecule has 2 rings (SSSR count). The zero-order valence-electron chi connectivity index (χ0n) is 11.7. The molecule has 0 saturated carbocycles. The van der Waals surface area contributed by atoms with Crippen molar-refractivity contribution >= 4 is 44.3 Å². The fraction of sp³-hybridized carbons (Fsp3) is 0.133. The van der Waals surface area contributed by atoms with Gasteiger partial charge < -0.3 is 9.50 Å². The van der Waals surface area contributed by atoms with Gasteiger partial charge in [0.1, 0.15) is 4.90 Å². The summed E-state index contributed by atoms with van der Waals surface area (Å²) in [7, 11) is -3.90. The zero-order chi connectivity index (χ0) is 16.2. The second kappa shape index (κ2) is 7.10. The first-order chi connectivity index (χ1) is 10.4. The Labute approximate surface area is 143 Å².